The van der Waals surface area contributed by atoms with Crippen molar-refractivity contribution >= 4 is 23.6 Å². The second-order valence-electron chi connectivity index (χ2n) is 10.1. The molecule has 0 aliphatic carbocycles. The van der Waals surface area contributed by atoms with Crippen LogP contribution in [0.5, 0.6) is 17.2 Å². The van der Waals surface area contributed by atoms with Crippen LogP contribution in [0.3, 0.4) is 0 Å². The van der Waals surface area contributed by atoms with Gasteiger partial charge < -0.3 is 23.8 Å². The average molecular weight is 562 g/mol. The van der Waals surface area contributed by atoms with Gasteiger partial charge in [-0.1, -0.05) is 12.1 Å². The van der Waals surface area contributed by atoms with E-state index in [0.717, 1.165) is 64.7 Å². The summed E-state index contributed by atoms with van der Waals surface area (Å²) < 4.78 is 22.2. The summed E-state index contributed by atoms with van der Waals surface area (Å²) in [5.41, 5.74) is 2.37. The fraction of sp³-hybridized carbons (Fsp3) is 0.375. The Labute approximate surface area is 239 Å². The van der Waals surface area contributed by atoms with Crippen molar-refractivity contribution in [2.24, 2.45) is 0 Å². The van der Waals surface area contributed by atoms with E-state index in [1.165, 1.54) is 0 Å². The molecule has 2 fully saturated rings. The molecule has 0 saturated carbocycles. The standard InChI is InChI=1S/C32H35NO6S/c1-4-38-32(35)23-9-13-26(14-10-23)39-28-17-24-11-12-25(18-28)33(24)31(34)22-7-5-21(6-8-22)20-40-30-19-27(36-2)15-16-29(30)37-3/h5-10,13-16,19,24-25,28H,4,11-12,17-18,20H2,1-3H3. The van der Waals surface area contributed by atoms with Crippen LogP contribution in [0.4, 0.5) is 0 Å². The van der Waals surface area contributed by atoms with Gasteiger partial charge in [-0.2, -0.15) is 0 Å². The molecule has 2 unspecified atom stereocenters. The summed E-state index contributed by atoms with van der Waals surface area (Å²) in [4.78, 5) is 28.5. The van der Waals surface area contributed by atoms with Crippen molar-refractivity contribution in [3.63, 3.8) is 0 Å². The maximum Gasteiger partial charge on any atom is 0.338 e. The first-order valence-corrected chi connectivity index (χ1v) is 14.7. The van der Waals surface area contributed by atoms with Gasteiger partial charge in [-0.25, -0.2) is 4.79 Å². The number of carbonyl (C=O) groups is 2. The van der Waals surface area contributed by atoms with Crippen molar-refractivity contribution in [1.29, 1.82) is 0 Å². The van der Waals surface area contributed by atoms with Crippen molar-refractivity contribution in [3.8, 4) is 17.2 Å². The van der Waals surface area contributed by atoms with E-state index < -0.39 is 0 Å². The van der Waals surface area contributed by atoms with Gasteiger partial charge in [-0.15, -0.1) is 11.8 Å². The molecule has 3 aromatic carbocycles. The third-order valence-corrected chi connectivity index (χ3v) is 8.67. The van der Waals surface area contributed by atoms with Crippen molar-refractivity contribution in [2.75, 3.05) is 20.8 Å². The van der Waals surface area contributed by atoms with Crippen LogP contribution in [0.2, 0.25) is 0 Å². The number of carbonyl (C=O) groups excluding carboxylic acids is 2. The highest BCUT2D eigenvalue weighted by molar-refractivity contribution is 7.98. The third-order valence-electron chi connectivity index (χ3n) is 7.56. The first-order valence-electron chi connectivity index (χ1n) is 13.7. The molecule has 2 aliphatic rings. The summed E-state index contributed by atoms with van der Waals surface area (Å²) in [5.74, 6) is 2.86. The lowest BCUT2D eigenvalue weighted by molar-refractivity contribution is 0.0359. The number of hydrogen-bond donors (Lipinski definition) is 0. The number of hydrogen-bond acceptors (Lipinski definition) is 7. The van der Waals surface area contributed by atoms with Crippen molar-refractivity contribution in [2.45, 2.75) is 61.4 Å². The number of esters is 1. The molecule has 2 aliphatic heterocycles. The molecule has 2 saturated heterocycles. The molecule has 5 rings (SSSR count). The molecule has 8 heteroatoms. The average Bonchev–Trinajstić information content (AvgIpc) is 3.26. The summed E-state index contributed by atoms with van der Waals surface area (Å²) in [6.07, 6.45) is 3.64. The predicted molar refractivity (Wildman–Crippen MR) is 155 cm³/mol. The van der Waals surface area contributed by atoms with Crippen LogP contribution in [0.15, 0.2) is 71.6 Å². The predicted octanol–water partition coefficient (Wildman–Crippen LogP) is 6.39. The summed E-state index contributed by atoms with van der Waals surface area (Å²) in [6.45, 7) is 2.14. The number of fused-ring (bicyclic) bond motifs is 2. The molecule has 0 spiro atoms. The lowest BCUT2D eigenvalue weighted by Crippen LogP contribution is -2.49. The number of nitrogens with zero attached hydrogens (tertiary/aromatic N) is 1. The van der Waals surface area contributed by atoms with Gasteiger partial charge in [0.1, 0.15) is 23.4 Å². The number of amides is 1. The van der Waals surface area contributed by atoms with Crippen molar-refractivity contribution in [3.05, 3.63) is 83.4 Å². The zero-order valence-corrected chi connectivity index (χ0v) is 23.9. The first-order chi connectivity index (χ1) is 19.5. The maximum absolute atomic E-state index is 13.5. The largest absolute Gasteiger partial charge is 0.497 e. The van der Waals surface area contributed by atoms with Crippen LogP contribution in [-0.4, -0.2) is 55.8 Å². The molecule has 210 valence electrons. The van der Waals surface area contributed by atoms with E-state index in [1.807, 2.05) is 54.6 Å². The zero-order valence-electron chi connectivity index (χ0n) is 23.1. The molecule has 0 N–H and O–H groups in total. The van der Waals surface area contributed by atoms with Crippen LogP contribution in [0, 0.1) is 0 Å². The van der Waals surface area contributed by atoms with Crippen molar-refractivity contribution < 1.29 is 28.5 Å². The highest BCUT2D eigenvalue weighted by Crippen LogP contribution is 2.39. The van der Waals surface area contributed by atoms with Crippen LogP contribution in [0.1, 0.15) is 58.9 Å². The number of rotatable bonds is 10. The van der Waals surface area contributed by atoms with Gasteiger partial charge in [0.15, 0.2) is 0 Å². The maximum atomic E-state index is 13.5. The summed E-state index contributed by atoms with van der Waals surface area (Å²) in [7, 11) is 3.32. The number of thioether (sulfide) groups is 1. The zero-order chi connectivity index (χ0) is 28.1. The molecule has 0 radical (unpaired) electrons. The van der Waals surface area contributed by atoms with Gasteiger partial charge >= 0.3 is 5.97 Å². The van der Waals surface area contributed by atoms with E-state index in [-0.39, 0.29) is 30.1 Å². The van der Waals surface area contributed by atoms with E-state index >= 15 is 0 Å². The summed E-state index contributed by atoms with van der Waals surface area (Å²) in [6, 6.07) is 21.2. The van der Waals surface area contributed by atoms with E-state index in [0.29, 0.717) is 12.2 Å². The number of ether oxygens (including phenoxy) is 4. The van der Waals surface area contributed by atoms with E-state index in [1.54, 1.807) is 45.0 Å². The molecular weight excluding hydrogens is 526 g/mol. The van der Waals surface area contributed by atoms with E-state index in [9.17, 15) is 9.59 Å². The SMILES string of the molecule is CCOC(=O)c1ccc(OC2CC3CCC(C2)N3C(=O)c2ccc(CSc3cc(OC)ccc3OC)cc2)cc1. The van der Waals surface area contributed by atoms with Gasteiger partial charge in [-0.05, 0) is 79.9 Å². The van der Waals surface area contributed by atoms with Crippen LogP contribution in [-0.2, 0) is 10.5 Å². The Hall–Kier alpha value is -3.65. The monoisotopic (exact) mass is 561 g/mol. The third kappa shape index (κ3) is 6.22. The molecule has 2 heterocycles. The Bertz CT molecular complexity index is 1310. The Morgan fingerprint density at radius 2 is 1.50 bits per heavy atom. The quantitative estimate of drug-likeness (QED) is 0.210. The first kappa shape index (κ1) is 27.9. The lowest BCUT2D eigenvalue weighted by atomic mass is 9.98. The van der Waals surface area contributed by atoms with Crippen molar-refractivity contribution in [1.82, 2.24) is 4.90 Å². The Balaban J connectivity index is 1.17. The van der Waals surface area contributed by atoms with Crippen LogP contribution >= 0.6 is 11.8 Å². The number of methoxy groups -OCH3 is 2. The molecule has 40 heavy (non-hydrogen) atoms. The second-order valence-corrected chi connectivity index (χ2v) is 11.1. The minimum atomic E-state index is -0.331. The van der Waals surface area contributed by atoms with Gasteiger partial charge in [0, 0.05) is 36.2 Å². The molecule has 1 amide bonds. The number of piperidine rings is 1. The fourth-order valence-corrected chi connectivity index (χ4v) is 6.59. The normalized spacial score (nSPS) is 19.7. The van der Waals surface area contributed by atoms with Gasteiger partial charge in [0.25, 0.3) is 5.91 Å². The molecule has 0 aromatic heterocycles. The van der Waals surface area contributed by atoms with E-state index in [2.05, 4.69) is 4.90 Å². The Morgan fingerprint density at radius 3 is 2.12 bits per heavy atom. The molecule has 3 aromatic rings. The minimum Gasteiger partial charge on any atom is -0.497 e. The Morgan fingerprint density at radius 1 is 0.850 bits per heavy atom. The fourth-order valence-electron chi connectivity index (χ4n) is 5.58. The van der Waals surface area contributed by atoms with Crippen LogP contribution in [0.25, 0.3) is 0 Å². The highest BCUT2D eigenvalue weighted by atomic mass is 32.2. The van der Waals surface area contributed by atoms with E-state index in [4.69, 9.17) is 18.9 Å². The highest BCUT2D eigenvalue weighted by Gasteiger charge is 2.44. The van der Waals surface area contributed by atoms with Gasteiger partial charge in [-0.3, -0.25) is 4.79 Å². The van der Waals surface area contributed by atoms with Gasteiger partial charge in [0.05, 0.1) is 31.3 Å². The molecule has 7 nitrogen and oxygen atoms in total. The smallest absolute Gasteiger partial charge is 0.338 e. The molecule has 2 bridgehead atoms. The second kappa shape index (κ2) is 12.7. The summed E-state index contributed by atoms with van der Waals surface area (Å²) >= 11 is 1.68. The Kier molecular flexibility index (Phi) is 8.85. The van der Waals surface area contributed by atoms with Gasteiger partial charge in [0.2, 0.25) is 0 Å². The molecular formula is C32H35NO6S. The summed E-state index contributed by atoms with van der Waals surface area (Å²) in [5, 5.41) is 0. The number of benzene rings is 3. The van der Waals surface area contributed by atoms with Crippen LogP contribution < -0.4 is 14.2 Å². The topological polar surface area (TPSA) is 74.3 Å². The minimum absolute atomic E-state index is 0.0444. The lowest BCUT2D eigenvalue weighted by Gasteiger charge is -2.39. The molecule has 2 atom stereocenters.